The van der Waals surface area contributed by atoms with Crippen molar-refractivity contribution in [3.8, 4) is 0 Å². The molecule has 0 aliphatic carbocycles. The predicted molar refractivity (Wildman–Crippen MR) is 61.5 cm³/mol. The lowest BCUT2D eigenvalue weighted by Crippen LogP contribution is -2.33. The van der Waals surface area contributed by atoms with Crippen molar-refractivity contribution in [2.24, 2.45) is 0 Å². The Kier molecular flexibility index (Phi) is 4.68. The van der Waals surface area contributed by atoms with E-state index in [2.05, 4.69) is 0 Å². The lowest BCUT2D eigenvalue weighted by atomic mass is 10.1. The van der Waals surface area contributed by atoms with E-state index in [1.807, 2.05) is 0 Å². The van der Waals surface area contributed by atoms with Crippen molar-refractivity contribution >= 4 is 18.0 Å². The van der Waals surface area contributed by atoms with Crippen molar-refractivity contribution in [1.29, 1.82) is 0 Å². The van der Waals surface area contributed by atoms with Crippen molar-refractivity contribution in [1.82, 2.24) is 5.32 Å². The molecule has 0 heterocycles. The number of benzene rings is 1. The summed E-state index contributed by atoms with van der Waals surface area (Å²) >= 11 is 0. The summed E-state index contributed by atoms with van der Waals surface area (Å²) < 4.78 is 35.8. The molecule has 0 unspecified atom stereocenters. The average molecular weight is 273 g/mol. The molecule has 0 bridgehead atoms. The molecule has 1 aromatic carbocycles. The molecule has 0 fully saturated rings. The molecule has 0 atom stereocenters. The SMILES string of the molecule is O=C(O)/C=C/c1cccc(C(=O)NCC(F)(F)F)c1. The van der Waals surface area contributed by atoms with Crippen LogP contribution in [0.1, 0.15) is 15.9 Å². The zero-order valence-electron chi connectivity index (χ0n) is 9.57. The number of carboxylic acid groups (broad SMARTS) is 1. The summed E-state index contributed by atoms with van der Waals surface area (Å²) in [6, 6.07) is 5.61. The summed E-state index contributed by atoms with van der Waals surface area (Å²) in [5.74, 6) is -2.03. The molecule has 0 radical (unpaired) electrons. The minimum Gasteiger partial charge on any atom is -0.478 e. The molecule has 0 aliphatic rings. The highest BCUT2D eigenvalue weighted by atomic mass is 19.4. The molecule has 7 heteroatoms. The Morgan fingerprint density at radius 3 is 2.58 bits per heavy atom. The largest absolute Gasteiger partial charge is 0.478 e. The Labute approximate surface area is 106 Å². The van der Waals surface area contributed by atoms with E-state index in [9.17, 15) is 22.8 Å². The van der Waals surface area contributed by atoms with Crippen molar-refractivity contribution in [3.05, 3.63) is 41.5 Å². The van der Waals surface area contributed by atoms with Gasteiger partial charge in [-0.3, -0.25) is 4.79 Å². The first-order chi connectivity index (χ1) is 8.78. The maximum absolute atomic E-state index is 11.9. The van der Waals surface area contributed by atoms with E-state index in [0.717, 1.165) is 6.08 Å². The minimum atomic E-state index is -4.48. The van der Waals surface area contributed by atoms with Crippen molar-refractivity contribution in [3.63, 3.8) is 0 Å². The van der Waals surface area contributed by atoms with Crippen LogP contribution in [0.25, 0.3) is 6.08 Å². The molecule has 102 valence electrons. The number of carbonyl (C=O) groups excluding carboxylic acids is 1. The first-order valence-electron chi connectivity index (χ1n) is 5.14. The van der Waals surface area contributed by atoms with Gasteiger partial charge in [-0.1, -0.05) is 12.1 Å². The summed E-state index contributed by atoms with van der Waals surface area (Å²) in [7, 11) is 0. The van der Waals surface area contributed by atoms with Crippen molar-refractivity contribution in [2.75, 3.05) is 6.54 Å². The standard InChI is InChI=1S/C12H10F3NO3/c13-12(14,15)7-16-11(19)9-3-1-2-8(6-9)4-5-10(17)18/h1-6H,7H2,(H,16,19)(H,17,18)/b5-4+. The van der Waals surface area contributed by atoms with E-state index in [0.29, 0.717) is 5.56 Å². The predicted octanol–water partition coefficient (Wildman–Crippen LogP) is 2.08. The maximum atomic E-state index is 11.9. The molecule has 0 spiro atoms. The first kappa shape index (κ1) is 14.7. The number of nitrogens with one attached hydrogen (secondary N) is 1. The molecule has 1 aromatic rings. The van der Waals surface area contributed by atoms with E-state index >= 15 is 0 Å². The van der Waals surface area contributed by atoms with Crippen LogP contribution in [0.15, 0.2) is 30.3 Å². The molecule has 19 heavy (non-hydrogen) atoms. The second-order valence-corrected chi connectivity index (χ2v) is 3.59. The lowest BCUT2D eigenvalue weighted by molar-refractivity contribution is -0.131. The lowest BCUT2D eigenvalue weighted by Gasteiger charge is -2.08. The van der Waals surface area contributed by atoms with Crippen LogP contribution in [0.4, 0.5) is 13.2 Å². The van der Waals surface area contributed by atoms with Crippen molar-refractivity contribution in [2.45, 2.75) is 6.18 Å². The van der Waals surface area contributed by atoms with Gasteiger partial charge in [0.2, 0.25) is 0 Å². The van der Waals surface area contributed by atoms with Crippen LogP contribution < -0.4 is 5.32 Å². The Balaban J connectivity index is 2.76. The van der Waals surface area contributed by atoms with E-state index in [-0.39, 0.29) is 5.56 Å². The van der Waals surface area contributed by atoms with Crippen LogP contribution in [0.5, 0.6) is 0 Å². The van der Waals surface area contributed by atoms with Gasteiger partial charge in [0.05, 0.1) is 0 Å². The third kappa shape index (κ3) is 5.71. The first-order valence-corrected chi connectivity index (χ1v) is 5.14. The average Bonchev–Trinajstić information content (AvgIpc) is 2.33. The Hall–Kier alpha value is -2.31. The van der Waals surface area contributed by atoms with Crippen LogP contribution in [0, 0.1) is 0 Å². The second kappa shape index (κ2) is 6.03. The fourth-order valence-corrected chi connectivity index (χ4v) is 1.23. The minimum absolute atomic E-state index is 0.0248. The van der Waals surface area contributed by atoms with E-state index in [1.165, 1.54) is 30.3 Å². The summed E-state index contributed by atoms with van der Waals surface area (Å²) in [5, 5.41) is 10.2. The third-order valence-corrected chi connectivity index (χ3v) is 2.02. The number of aliphatic carboxylic acids is 1. The Bertz CT molecular complexity index is 509. The molecule has 1 amide bonds. The van der Waals surface area contributed by atoms with Crippen LogP contribution in [0.2, 0.25) is 0 Å². The molecule has 0 aromatic heterocycles. The van der Waals surface area contributed by atoms with Crippen LogP contribution >= 0.6 is 0 Å². The molecule has 0 saturated carbocycles. The van der Waals surface area contributed by atoms with Gasteiger partial charge in [-0.15, -0.1) is 0 Å². The van der Waals surface area contributed by atoms with Gasteiger partial charge >= 0.3 is 12.1 Å². The van der Waals surface area contributed by atoms with Gasteiger partial charge in [-0.05, 0) is 23.8 Å². The number of alkyl halides is 3. The number of hydrogen-bond donors (Lipinski definition) is 2. The van der Waals surface area contributed by atoms with Gasteiger partial charge in [0.25, 0.3) is 5.91 Å². The highest BCUT2D eigenvalue weighted by molar-refractivity contribution is 5.95. The topological polar surface area (TPSA) is 66.4 Å². The van der Waals surface area contributed by atoms with Crippen LogP contribution in [0.3, 0.4) is 0 Å². The number of carbonyl (C=O) groups is 2. The zero-order valence-corrected chi connectivity index (χ0v) is 9.57. The van der Waals surface area contributed by atoms with Gasteiger partial charge in [0.15, 0.2) is 0 Å². The molecule has 2 N–H and O–H groups in total. The summed E-state index contributed by atoms with van der Waals surface area (Å²) in [5.41, 5.74) is 0.429. The van der Waals surface area contributed by atoms with Gasteiger partial charge in [-0.25, -0.2) is 4.79 Å². The second-order valence-electron chi connectivity index (χ2n) is 3.59. The van der Waals surface area contributed by atoms with Gasteiger partial charge in [-0.2, -0.15) is 13.2 Å². The smallest absolute Gasteiger partial charge is 0.405 e. The fraction of sp³-hybridized carbons (Fsp3) is 0.167. The molecule has 4 nitrogen and oxygen atoms in total. The van der Waals surface area contributed by atoms with Crippen molar-refractivity contribution < 1.29 is 27.9 Å². The Morgan fingerprint density at radius 1 is 1.32 bits per heavy atom. The molecule has 0 saturated heterocycles. The number of halogens is 3. The number of carboxylic acids is 1. The zero-order chi connectivity index (χ0) is 14.5. The third-order valence-electron chi connectivity index (χ3n) is 2.02. The highest BCUT2D eigenvalue weighted by Gasteiger charge is 2.27. The maximum Gasteiger partial charge on any atom is 0.405 e. The number of rotatable bonds is 4. The van der Waals surface area contributed by atoms with E-state index in [1.54, 1.807) is 5.32 Å². The Morgan fingerprint density at radius 2 is 2.00 bits per heavy atom. The highest BCUT2D eigenvalue weighted by Crippen LogP contribution is 2.13. The number of hydrogen-bond acceptors (Lipinski definition) is 2. The normalized spacial score (nSPS) is 11.5. The van der Waals surface area contributed by atoms with E-state index in [4.69, 9.17) is 5.11 Å². The van der Waals surface area contributed by atoms with Crippen LogP contribution in [-0.2, 0) is 4.79 Å². The summed E-state index contributed by atoms with van der Waals surface area (Å²) in [6.07, 6.45) is -2.37. The van der Waals surface area contributed by atoms with Crippen LogP contribution in [-0.4, -0.2) is 29.7 Å². The molecule has 1 rings (SSSR count). The summed E-state index contributed by atoms with van der Waals surface area (Å²) in [6.45, 7) is -1.42. The quantitative estimate of drug-likeness (QED) is 0.825. The molecule has 0 aliphatic heterocycles. The molecular formula is C12H10F3NO3. The van der Waals surface area contributed by atoms with Gasteiger partial charge in [0.1, 0.15) is 6.54 Å². The fourth-order valence-electron chi connectivity index (χ4n) is 1.23. The molecular weight excluding hydrogens is 263 g/mol. The summed E-state index contributed by atoms with van der Waals surface area (Å²) in [4.78, 5) is 21.7. The van der Waals surface area contributed by atoms with E-state index < -0.39 is 24.6 Å². The monoisotopic (exact) mass is 273 g/mol. The van der Waals surface area contributed by atoms with Gasteiger partial charge < -0.3 is 10.4 Å². The number of amides is 1. The van der Waals surface area contributed by atoms with Gasteiger partial charge in [0, 0.05) is 11.6 Å².